The highest BCUT2D eigenvalue weighted by molar-refractivity contribution is 5.99. The Balaban J connectivity index is 0.00000289. The third kappa shape index (κ3) is 5.57. The number of halogens is 4. The lowest BCUT2D eigenvalue weighted by Gasteiger charge is -2.32. The van der Waals surface area contributed by atoms with Gasteiger partial charge in [0.15, 0.2) is 0 Å². The van der Waals surface area contributed by atoms with E-state index in [9.17, 15) is 13.2 Å². The summed E-state index contributed by atoms with van der Waals surface area (Å²) in [5, 5.41) is 8.09. The summed E-state index contributed by atoms with van der Waals surface area (Å²) < 4.78 is 45.4. The van der Waals surface area contributed by atoms with Gasteiger partial charge in [-0.1, -0.05) is 35.5 Å². The van der Waals surface area contributed by atoms with Crippen molar-refractivity contribution in [3.05, 3.63) is 71.9 Å². The van der Waals surface area contributed by atoms with Crippen molar-refractivity contribution in [2.45, 2.75) is 38.5 Å². The Hall–Kier alpha value is -3.17. The van der Waals surface area contributed by atoms with E-state index in [1.165, 1.54) is 6.07 Å². The molecule has 1 aliphatic rings. The van der Waals surface area contributed by atoms with Crippen LogP contribution in [0.25, 0.3) is 22.0 Å². The number of alkyl halides is 3. The number of aromatic nitrogens is 3. The molecule has 4 heterocycles. The Bertz CT molecular complexity index is 1290. The average molecular weight is 504 g/mol. The second-order valence-electron chi connectivity index (χ2n) is 8.60. The Morgan fingerprint density at radius 1 is 1.09 bits per heavy atom. The van der Waals surface area contributed by atoms with Gasteiger partial charge in [-0.25, -0.2) is 9.97 Å². The van der Waals surface area contributed by atoms with Crippen LogP contribution in [-0.2, 0) is 12.7 Å². The molecular weight excluding hydrogens is 479 g/mol. The lowest BCUT2D eigenvalue weighted by Crippen LogP contribution is -2.38. The van der Waals surface area contributed by atoms with E-state index in [0.29, 0.717) is 16.8 Å². The number of nitrogens with zero attached hydrogens (tertiary/aromatic N) is 4. The molecule has 0 atom stereocenters. The highest BCUT2D eigenvalue weighted by Crippen LogP contribution is 2.35. The molecule has 0 spiro atoms. The predicted octanol–water partition coefficient (Wildman–Crippen LogP) is 6.11. The first-order valence-corrected chi connectivity index (χ1v) is 11.2. The van der Waals surface area contributed by atoms with Crippen molar-refractivity contribution in [2.24, 2.45) is 0 Å². The second kappa shape index (κ2) is 10.2. The smallest absolute Gasteiger partial charge is 0.367 e. The standard InChI is InChI=1S/C25H24F3N5O.ClH/c1-16-13-19(32-34-16)15-33-11-9-18(10-12-33)30-24-20-7-8-22(25(26,27)28)31-23(20)21(14-29-24)17-5-3-2-4-6-17;/h2-8,13-14,18H,9-12,15H2,1H3,(H,29,30);1H. The van der Waals surface area contributed by atoms with Crippen LogP contribution in [0.3, 0.4) is 0 Å². The largest absolute Gasteiger partial charge is 0.433 e. The molecule has 0 radical (unpaired) electrons. The zero-order valence-corrected chi connectivity index (χ0v) is 19.9. The van der Waals surface area contributed by atoms with Gasteiger partial charge in [0.1, 0.15) is 17.3 Å². The molecule has 0 amide bonds. The van der Waals surface area contributed by atoms with Crippen molar-refractivity contribution < 1.29 is 17.7 Å². The fraction of sp³-hybridized carbons (Fsp3) is 0.320. The van der Waals surface area contributed by atoms with Gasteiger partial charge in [0.25, 0.3) is 0 Å². The molecule has 0 unspecified atom stereocenters. The number of hydrogen-bond donors (Lipinski definition) is 1. The third-order valence-corrected chi connectivity index (χ3v) is 6.09. The number of aryl methyl sites for hydroxylation is 1. The summed E-state index contributed by atoms with van der Waals surface area (Å²) >= 11 is 0. The minimum atomic E-state index is -4.52. The monoisotopic (exact) mass is 503 g/mol. The first-order valence-electron chi connectivity index (χ1n) is 11.2. The lowest BCUT2D eigenvalue weighted by atomic mass is 10.0. The van der Waals surface area contributed by atoms with Crippen LogP contribution in [0.4, 0.5) is 19.0 Å². The number of pyridine rings is 2. The number of rotatable bonds is 5. The quantitative estimate of drug-likeness (QED) is 0.354. The molecule has 3 aromatic heterocycles. The van der Waals surface area contributed by atoms with Gasteiger partial charge in [-0.3, -0.25) is 4.90 Å². The number of anilines is 1. The predicted molar refractivity (Wildman–Crippen MR) is 130 cm³/mol. The van der Waals surface area contributed by atoms with Gasteiger partial charge in [-0.2, -0.15) is 13.2 Å². The van der Waals surface area contributed by atoms with Crippen molar-refractivity contribution in [1.29, 1.82) is 0 Å². The van der Waals surface area contributed by atoms with E-state index < -0.39 is 11.9 Å². The van der Waals surface area contributed by atoms with E-state index in [0.717, 1.165) is 55.6 Å². The summed E-state index contributed by atoms with van der Waals surface area (Å²) in [5.74, 6) is 1.35. The molecule has 10 heteroatoms. The number of benzene rings is 1. The van der Waals surface area contributed by atoms with Crippen LogP contribution in [0, 0.1) is 6.92 Å². The van der Waals surface area contributed by atoms with E-state index in [4.69, 9.17) is 4.52 Å². The van der Waals surface area contributed by atoms with Crippen LogP contribution in [-0.4, -0.2) is 39.2 Å². The van der Waals surface area contributed by atoms with Crippen LogP contribution in [0.5, 0.6) is 0 Å². The number of likely N-dealkylation sites (tertiary alicyclic amines) is 1. The van der Waals surface area contributed by atoms with Gasteiger partial charge in [-0.05, 0) is 37.5 Å². The van der Waals surface area contributed by atoms with Gasteiger partial charge in [0.05, 0.1) is 11.2 Å². The highest BCUT2D eigenvalue weighted by atomic mass is 35.5. The number of piperidine rings is 1. The zero-order valence-electron chi connectivity index (χ0n) is 19.0. The summed E-state index contributed by atoms with van der Waals surface area (Å²) in [6.07, 6.45) is -1.15. The average Bonchev–Trinajstić information content (AvgIpc) is 3.24. The van der Waals surface area contributed by atoms with E-state index in [-0.39, 0.29) is 24.0 Å². The molecule has 6 nitrogen and oxygen atoms in total. The van der Waals surface area contributed by atoms with Gasteiger partial charge in [-0.15, -0.1) is 12.4 Å². The van der Waals surface area contributed by atoms with Gasteiger partial charge in [0.2, 0.25) is 0 Å². The van der Waals surface area contributed by atoms with Crippen LogP contribution in [0.2, 0.25) is 0 Å². The first kappa shape index (κ1) is 24.9. The number of fused-ring (bicyclic) bond motifs is 1. The minimum absolute atomic E-state index is 0. The Kier molecular flexibility index (Phi) is 7.28. The van der Waals surface area contributed by atoms with Crippen molar-refractivity contribution in [3.8, 4) is 11.1 Å². The molecule has 1 fully saturated rings. The molecule has 0 saturated carbocycles. The maximum absolute atomic E-state index is 13.4. The van der Waals surface area contributed by atoms with Crippen molar-refractivity contribution in [1.82, 2.24) is 20.0 Å². The van der Waals surface area contributed by atoms with Crippen molar-refractivity contribution >= 4 is 29.1 Å². The maximum Gasteiger partial charge on any atom is 0.433 e. The zero-order chi connectivity index (χ0) is 23.7. The van der Waals surface area contributed by atoms with E-state index in [2.05, 4.69) is 25.3 Å². The SMILES string of the molecule is Cc1cc(CN2CCC(Nc3ncc(-c4ccccc4)c4nc(C(F)(F)F)ccc34)CC2)no1.Cl. The van der Waals surface area contributed by atoms with Crippen molar-refractivity contribution in [3.63, 3.8) is 0 Å². The lowest BCUT2D eigenvalue weighted by molar-refractivity contribution is -0.140. The summed E-state index contributed by atoms with van der Waals surface area (Å²) in [5.41, 5.74) is 1.64. The molecule has 1 aromatic carbocycles. The normalized spacial score (nSPS) is 15.2. The summed E-state index contributed by atoms with van der Waals surface area (Å²) in [4.78, 5) is 10.9. The molecule has 0 aliphatic carbocycles. The van der Waals surface area contributed by atoms with Gasteiger partial charge < -0.3 is 9.84 Å². The topological polar surface area (TPSA) is 67.1 Å². The van der Waals surface area contributed by atoms with Gasteiger partial charge >= 0.3 is 6.18 Å². The molecule has 4 aromatic rings. The number of hydrogen-bond acceptors (Lipinski definition) is 6. The molecule has 1 saturated heterocycles. The molecule has 184 valence electrons. The highest BCUT2D eigenvalue weighted by Gasteiger charge is 2.33. The first-order chi connectivity index (χ1) is 16.4. The molecule has 1 N–H and O–H groups in total. The Labute approximate surface area is 207 Å². The summed E-state index contributed by atoms with van der Waals surface area (Å²) in [7, 11) is 0. The molecule has 1 aliphatic heterocycles. The number of nitrogens with one attached hydrogen (secondary N) is 1. The Morgan fingerprint density at radius 2 is 1.83 bits per heavy atom. The van der Waals surface area contributed by atoms with Crippen molar-refractivity contribution in [2.75, 3.05) is 18.4 Å². The van der Waals surface area contributed by atoms with Crippen LogP contribution < -0.4 is 5.32 Å². The fourth-order valence-corrected chi connectivity index (χ4v) is 4.37. The fourth-order valence-electron chi connectivity index (χ4n) is 4.37. The second-order valence-corrected chi connectivity index (χ2v) is 8.60. The third-order valence-electron chi connectivity index (χ3n) is 6.09. The van der Waals surface area contributed by atoms with E-state index >= 15 is 0 Å². The van der Waals surface area contributed by atoms with Crippen LogP contribution in [0.1, 0.15) is 30.0 Å². The summed E-state index contributed by atoms with van der Waals surface area (Å²) in [6.45, 7) is 4.36. The molecule has 5 rings (SSSR count). The van der Waals surface area contributed by atoms with Gasteiger partial charge in [0, 0.05) is 48.9 Å². The van der Waals surface area contributed by atoms with Crippen LogP contribution >= 0.6 is 12.4 Å². The Morgan fingerprint density at radius 3 is 2.49 bits per heavy atom. The molecule has 35 heavy (non-hydrogen) atoms. The summed E-state index contributed by atoms with van der Waals surface area (Å²) in [6, 6.07) is 13.8. The minimum Gasteiger partial charge on any atom is -0.367 e. The van der Waals surface area contributed by atoms with E-state index in [1.54, 1.807) is 6.20 Å². The van der Waals surface area contributed by atoms with Crippen LogP contribution in [0.15, 0.2) is 59.3 Å². The molecular formula is C25H25ClF3N5O. The molecule has 0 bridgehead atoms. The maximum atomic E-state index is 13.4. The van der Waals surface area contributed by atoms with E-state index in [1.807, 2.05) is 43.3 Å².